The van der Waals surface area contributed by atoms with Crippen LogP contribution in [0, 0.1) is 6.92 Å². The van der Waals surface area contributed by atoms with E-state index in [0.717, 1.165) is 10.6 Å². The van der Waals surface area contributed by atoms with E-state index in [1.54, 1.807) is 19.1 Å². The van der Waals surface area contributed by atoms with E-state index in [4.69, 9.17) is 16.3 Å². The Labute approximate surface area is 120 Å². The van der Waals surface area contributed by atoms with Gasteiger partial charge in [-0.15, -0.1) is 11.3 Å². The van der Waals surface area contributed by atoms with Gasteiger partial charge in [0.15, 0.2) is 10.8 Å². The fourth-order valence-corrected chi connectivity index (χ4v) is 2.54. The molecule has 0 fully saturated rings. The predicted octanol–water partition coefficient (Wildman–Crippen LogP) is 4.03. The number of benzene rings is 1. The lowest BCUT2D eigenvalue weighted by Crippen LogP contribution is -2.06. The molecule has 0 radical (unpaired) electrons. The molecule has 0 bridgehead atoms. The van der Waals surface area contributed by atoms with Gasteiger partial charge in [-0.2, -0.15) is 0 Å². The second kappa shape index (κ2) is 6.04. The summed E-state index contributed by atoms with van der Waals surface area (Å²) in [6.07, 6.45) is 0. The van der Waals surface area contributed by atoms with Crippen molar-refractivity contribution in [3.8, 4) is 0 Å². The molecule has 0 aliphatic rings. The van der Waals surface area contributed by atoms with E-state index in [1.165, 1.54) is 11.3 Å². The maximum absolute atomic E-state index is 11.7. The predicted molar refractivity (Wildman–Crippen MR) is 77.5 cm³/mol. The first-order valence-electron chi connectivity index (χ1n) is 5.77. The average Bonchev–Trinajstić information content (AvgIpc) is 2.70. The zero-order valence-corrected chi connectivity index (χ0v) is 12.1. The molecule has 1 N–H and O–H groups in total. The first-order chi connectivity index (χ1) is 9.10. The van der Waals surface area contributed by atoms with E-state index in [-0.39, 0.29) is 0 Å². The van der Waals surface area contributed by atoms with Crippen molar-refractivity contribution in [3.05, 3.63) is 39.9 Å². The van der Waals surface area contributed by atoms with Gasteiger partial charge in [0.2, 0.25) is 0 Å². The molecule has 6 heteroatoms. The Bertz CT molecular complexity index is 598. The highest BCUT2D eigenvalue weighted by molar-refractivity contribution is 7.15. The van der Waals surface area contributed by atoms with Crippen molar-refractivity contribution in [1.82, 2.24) is 4.98 Å². The number of nitrogens with one attached hydrogen (secondary N) is 1. The Hall–Kier alpha value is -1.59. The Kier molecular flexibility index (Phi) is 4.39. The summed E-state index contributed by atoms with van der Waals surface area (Å²) in [5.74, 6) is -0.393. The van der Waals surface area contributed by atoms with Crippen LogP contribution in [0.25, 0.3) is 0 Å². The van der Waals surface area contributed by atoms with Gasteiger partial charge in [0.25, 0.3) is 0 Å². The smallest absolute Gasteiger partial charge is 0.358 e. The quantitative estimate of drug-likeness (QED) is 0.866. The number of hydrogen-bond donors (Lipinski definition) is 1. The highest BCUT2D eigenvalue weighted by Gasteiger charge is 2.16. The minimum absolute atomic E-state index is 0.340. The third-order valence-corrected chi connectivity index (χ3v) is 3.46. The summed E-state index contributed by atoms with van der Waals surface area (Å²) in [6.45, 7) is 3.95. The molecule has 4 nitrogen and oxygen atoms in total. The molecular formula is C13H13ClN2O2S. The number of ether oxygens (including phenoxy) is 1. The van der Waals surface area contributed by atoms with Crippen LogP contribution in [0.2, 0.25) is 5.02 Å². The van der Waals surface area contributed by atoms with E-state index in [9.17, 15) is 4.79 Å². The van der Waals surface area contributed by atoms with Crippen molar-refractivity contribution >= 4 is 39.7 Å². The Morgan fingerprint density at radius 2 is 2.32 bits per heavy atom. The van der Waals surface area contributed by atoms with Gasteiger partial charge in [-0.05, 0) is 32.0 Å². The number of aromatic nitrogens is 1. The van der Waals surface area contributed by atoms with Crippen molar-refractivity contribution in [1.29, 1.82) is 0 Å². The first kappa shape index (κ1) is 13.8. The Morgan fingerprint density at radius 3 is 3.00 bits per heavy atom. The van der Waals surface area contributed by atoms with E-state index in [1.807, 2.05) is 19.1 Å². The molecule has 19 heavy (non-hydrogen) atoms. The third kappa shape index (κ3) is 3.45. The molecule has 0 aliphatic carbocycles. The van der Waals surface area contributed by atoms with Crippen LogP contribution in [-0.4, -0.2) is 17.6 Å². The van der Waals surface area contributed by atoms with Gasteiger partial charge in [-0.1, -0.05) is 17.7 Å². The summed E-state index contributed by atoms with van der Waals surface area (Å²) in [5, 5.41) is 4.40. The molecule has 0 saturated heterocycles. The normalized spacial score (nSPS) is 10.3. The lowest BCUT2D eigenvalue weighted by molar-refractivity contribution is 0.0519. The lowest BCUT2D eigenvalue weighted by Gasteiger charge is -2.02. The van der Waals surface area contributed by atoms with Crippen LogP contribution in [0.5, 0.6) is 0 Å². The van der Waals surface area contributed by atoms with Crippen LogP contribution in [0.4, 0.5) is 10.8 Å². The van der Waals surface area contributed by atoms with Gasteiger partial charge in [0.1, 0.15) is 0 Å². The second-order valence-electron chi connectivity index (χ2n) is 3.78. The van der Waals surface area contributed by atoms with Crippen LogP contribution in [0.15, 0.2) is 24.3 Å². The summed E-state index contributed by atoms with van der Waals surface area (Å²) in [4.78, 5) is 16.7. The first-order valence-corrected chi connectivity index (χ1v) is 6.96. The highest BCUT2D eigenvalue weighted by atomic mass is 35.5. The molecule has 0 unspecified atom stereocenters. The number of nitrogens with zero attached hydrogens (tertiary/aromatic N) is 1. The van der Waals surface area contributed by atoms with Crippen molar-refractivity contribution < 1.29 is 9.53 Å². The van der Waals surface area contributed by atoms with Crippen LogP contribution in [-0.2, 0) is 4.74 Å². The molecular weight excluding hydrogens is 284 g/mol. The highest BCUT2D eigenvalue weighted by Crippen LogP contribution is 2.26. The van der Waals surface area contributed by atoms with Gasteiger partial charge in [-0.25, -0.2) is 9.78 Å². The SMILES string of the molecule is CCOC(=O)c1nc(Nc2cccc(Cl)c2)sc1C. The molecule has 2 aromatic rings. The lowest BCUT2D eigenvalue weighted by atomic mass is 10.3. The summed E-state index contributed by atoms with van der Waals surface area (Å²) < 4.78 is 4.95. The van der Waals surface area contributed by atoms with Gasteiger partial charge in [0, 0.05) is 15.6 Å². The Balaban J connectivity index is 2.18. The molecule has 0 aliphatic heterocycles. The van der Waals surface area contributed by atoms with Gasteiger partial charge < -0.3 is 10.1 Å². The van der Waals surface area contributed by atoms with Gasteiger partial charge in [-0.3, -0.25) is 0 Å². The zero-order valence-electron chi connectivity index (χ0n) is 10.6. The maximum atomic E-state index is 11.7. The van der Waals surface area contributed by atoms with Crippen LogP contribution in [0.3, 0.4) is 0 Å². The van der Waals surface area contributed by atoms with Gasteiger partial charge >= 0.3 is 5.97 Å². The molecule has 1 aromatic heterocycles. The zero-order chi connectivity index (χ0) is 13.8. The monoisotopic (exact) mass is 296 g/mol. The summed E-state index contributed by atoms with van der Waals surface area (Å²) in [6, 6.07) is 7.32. The summed E-state index contributed by atoms with van der Waals surface area (Å²) in [7, 11) is 0. The van der Waals surface area contributed by atoms with E-state index < -0.39 is 5.97 Å². The number of aryl methyl sites for hydroxylation is 1. The number of carbonyl (C=O) groups excluding carboxylic acids is 1. The second-order valence-corrected chi connectivity index (χ2v) is 5.42. The largest absolute Gasteiger partial charge is 0.461 e. The number of thiazole rings is 1. The van der Waals surface area contributed by atoms with Crippen molar-refractivity contribution in [2.45, 2.75) is 13.8 Å². The maximum Gasteiger partial charge on any atom is 0.358 e. The molecule has 1 aromatic carbocycles. The van der Waals surface area contributed by atoms with Crippen molar-refractivity contribution in [3.63, 3.8) is 0 Å². The standard InChI is InChI=1S/C13H13ClN2O2S/c1-3-18-12(17)11-8(2)19-13(16-11)15-10-6-4-5-9(14)7-10/h4-7H,3H2,1-2H3,(H,15,16). The fourth-order valence-electron chi connectivity index (χ4n) is 1.53. The minimum atomic E-state index is -0.393. The molecule has 0 atom stereocenters. The molecule has 2 rings (SSSR count). The fraction of sp³-hybridized carbons (Fsp3) is 0.231. The van der Waals surface area contributed by atoms with Gasteiger partial charge in [0.05, 0.1) is 6.61 Å². The molecule has 1 heterocycles. The average molecular weight is 297 g/mol. The van der Waals surface area contributed by atoms with E-state index in [2.05, 4.69) is 10.3 Å². The van der Waals surface area contributed by atoms with E-state index >= 15 is 0 Å². The number of esters is 1. The topological polar surface area (TPSA) is 51.2 Å². The number of halogens is 1. The summed E-state index contributed by atoms with van der Waals surface area (Å²) >= 11 is 7.31. The Morgan fingerprint density at radius 1 is 1.53 bits per heavy atom. The van der Waals surface area contributed by atoms with Crippen molar-refractivity contribution in [2.24, 2.45) is 0 Å². The molecule has 0 amide bonds. The third-order valence-electron chi connectivity index (χ3n) is 2.34. The van der Waals surface area contributed by atoms with Crippen LogP contribution < -0.4 is 5.32 Å². The molecule has 100 valence electrons. The number of anilines is 2. The number of rotatable bonds is 4. The van der Waals surface area contributed by atoms with E-state index in [0.29, 0.717) is 22.5 Å². The van der Waals surface area contributed by atoms with Crippen LogP contribution in [0.1, 0.15) is 22.3 Å². The number of hydrogen-bond acceptors (Lipinski definition) is 5. The number of carbonyl (C=O) groups is 1. The minimum Gasteiger partial charge on any atom is -0.461 e. The van der Waals surface area contributed by atoms with Crippen LogP contribution >= 0.6 is 22.9 Å². The summed E-state index contributed by atoms with van der Waals surface area (Å²) in [5.41, 5.74) is 1.19. The molecule has 0 saturated carbocycles. The molecule has 0 spiro atoms. The van der Waals surface area contributed by atoms with Crippen molar-refractivity contribution in [2.75, 3.05) is 11.9 Å².